The molecular formula is C15H21NO3S. The van der Waals surface area contributed by atoms with E-state index in [9.17, 15) is 9.59 Å². The summed E-state index contributed by atoms with van der Waals surface area (Å²) in [7, 11) is 0. The maximum atomic E-state index is 11.6. The molecule has 0 aliphatic rings. The van der Waals surface area contributed by atoms with Crippen LogP contribution in [0.5, 0.6) is 0 Å². The Morgan fingerprint density at radius 2 is 2.00 bits per heavy atom. The summed E-state index contributed by atoms with van der Waals surface area (Å²) in [6, 6.07) is 9.32. The van der Waals surface area contributed by atoms with E-state index in [0.717, 1.165) is 18.6 Å². The van der Waals surface area contributed by atoms with Crippen molar-refractivity contribution in [2.45, 2.75) is 32.2 Å². The van der Waals surface area contributed by atoms with Gasteiger partial charge in [-0.25, -0.2) is 4.79 Å². The van der Waals surface area contributed by atoms with Crippen LogP contribution in [-0.2, 0) is 16.0 Å². The molecular weight excluding hydrogens is 274 g/mol. The SMILES string of the molecule is CCCC(NC(=O)CSCCc1ccccc1)C(=O)O. The van der Waals surface area contributed by atoms with Gasteiger partial charge < -0.3 is 10.4 Å². The van der Waals surface area contributed by atoms with Crippen LogP contribution in [0.25, 0.3) is 0 Å². The van der Waals surface area contributed by atoms with Crippen molar-refractivity contribution in [2.24, 2.45) is 0 Å². The third-order valence-corrected chi connectivity index (χ3v) is 3.78. The summed E-state index contributed by atoms with van der Waals surface area (Å²) < 4.78 is 0. The maximum Gasteiger partial charge on any atom is 0.326 e. The number of carboxylic acid groups (broad SMARTS) is 1. The molecule has 4 nitrogen and oxygen atoms in total. The Morgan fingerprint density at radius 1 is 1.30 bits per heavy atom. The number of rotatable bonds is 9. The van der Waals surface area contributed by atoms with Crippen molar-refractivity contribution < 1.29 is 14.7 Å². The van der Waals surface area contributed by atoms with E-state index >= 15 is 0 Å². The molecule has 1 rings (SSSR count). The summed E-state index contributed by atoms with van der Waals surface area (Å²) in [6.45, 7) is 1.90. The van der Waals surface area contributed by atoms with Gasteiger partial charge in [0.25, 0.3) is 0 Å². The molecule has 0 saturated heterocycles. The van der Waals surface area contributed by atoms with Crippen LogP contribution < -0.4 is 5.32 Å². The fourth-order valence-electron chi connectivity index (χ4n) is 1.78. The van der Waals surface area contributed by atoms with Crippen LogP contribution in [0.4, 0.5) is 0 Å². The Bertz CT molecular complexity index is 422. The number of carbonyl (C=O) groups excluding carboxylic acids is 1. The van der Waals surface area contributed by atoms with Crippen molar-refractivity contribution in [3.05, 3.63) is 35.9 Å². The number of amides is 1. The second-order valence-corrected chi connectivity index (χ2v) is 5.64. The Labute approximate surface area is 124 Å². The molecule has 0 spiro atoms. The lowest BCUT2D eigenvalue weighted by Gasteiger charge is -2.13. The van der Waals surface area contributed by atoms with E-state index in [1.54, 1.807) is 0 Å². The molecule has 1 aromatic rings. The highest BCUT2D eigenvalue weighted by molar-refractivity contribution is 7.99. The average molecular weight is 295 g/mol. The first-order valence-corrected chi connectivity index (χ1v) is 7.92. The van der Waals surface area contributed by atoms with Crippen LogP contribution in [0.15, 0.2) is 30.3 Å². The van der Waals surface area contributed by atoms with Crippen molar-refractivity contribution in [2.75, 3.05) is 11.5 Å². The summed E-state index contributed by atoms with van der Waals surface area (Å²) in [6.07, 6.45) is 2.12. The van der Waals surface area contributed by atoms with E-state index in [1.165, 1.54) is 17.3 Å². The van der Waals surface area contributed by atoms with E-state index in [4.69, 9.17) is 5.11 Å². The molecule has 20 heavy (non-hydrogen) atoms. The fraction of sp³-hybridized carbons (Fsp3) is 0.467. The van der Waals surface area contributed by atoms with E-state index in [1.807, 2.05) is 25.1 Å². The van der Waals surface area contributed by atoms with Gasteiger partial charge in [0, 0.05) is 0 Å². The van der Waals surface area contributed by atoms with Crippen LogP contribution in [0.3, 0.4) is 0 Å². The molecule has 0 bridgehead atoms. The smallest absolute Gasteiger partial charge is 0.326 e. The Hall–Kier alpha value is -1.49. The highest BCUT2D eigenvalue weighted by Gasteiger charge is 2.18. The molecule has 0 aliphatic heterocycles. The zero-order chi connectivity index (χ0) is 14.8. The van der Waals surface area contributed by atoms with Crippen molar-refractivity contribution >= 4 is 23.6 Å². The van der Waals surface area contributed by atoms with E-state index in [-0.39, 0.29) is 5.91 Å². The van der Waals surface area contributed by atoms with Crippen molar-refractivity contribution in [1.29, 1.82) is 0 Å². The molecule has 1 amide bonds. The quantitative estimate of drug-likeness (QED) is 0.686. The minimum atomic E-state index is -0.963. The number of aryl methyl sites for hydroxylation is 1. The molecule has 2 N–H and O–H groups in total. The van der Waals surface area contributed by atoms with Gasteiger partial charge in [0.2, 0.25) is 5.91 Å². The minimum absolute atomic E-state index is 0.205. The number of aliphatic carboxylic acids is 1. The van der Waals surface area contributed by atoms with E-state index < -0.39 is 12.0 Å². The van der Waals surface area contributed by atoms with Crippen LogP contribution >= 0.6 is 11.8 Å². The fourth-order valence-corrected chi connectivity index (χ4v) is 2.57. The Kier molecular flexibility index (Phi) is 7.80. The Balaban J connectivity index is 2.21. The second-order valence-electron chi connectivity index (χ2n) is 4.54. The van der Waals surface area contributed by atoms with E-state index in [0.29, 0.717) is 12.2 Å². The minimum Gasteiger partial charge on any atom is -0.480 e. The lowest BCUT2D eigenvalue weighted by atomic mass is 10.2. The standard InChI is InChI=1S/C15H21NO3S/c1-2-6-13(15(18)19)16-14(17)11-20-10-9-12-7-4-3-5-8-12/h3-5,7-8,13H,2,6,9-11H2,1H3,(H,16,17)(H,18,19). The van der Waals surface area contributed by atoms with Crippen molar-refractivity contribution in [1.82, 2.24) is 5.32 Å². The van der Waals surface area contributed by atoms with Gasteiger partial charge in [-0.05, 0) is 24.2 Å². The second kappa shape index (κ2) is 9.42. The number of benzene rings is 1. The normalized spacial score (nSPS) is 11.8. The molecule has 0 aromatic heterocycles. The molecule has 110 valence electrons. The monoisotopic (exact) mass is 295 g/mol. The van der Waals surface area contributed by atoms with Gasteiger partial charge in [0.1, 0.15) is 6.04 Å². The van der Waals surface area contributed by atoms with Gasteiger partial charge in [-0.15, -0.1) is 0 Å². The average Bonchev–Trinajstić information content (AvgIpc) is 2.44. The summed E-state index contributed by atoms with van der Waals surface area (Å²) in [5, 5.41) is 11.5. The lowest BCUT2D eigenvalue weighted by molar-refractivity contribution is -0.141. The summed E-state index contributed by atoms with van der Waals surface area (Å²) in [5.74, 6) is -0.0121. The van der Waals surface area contributed by atoms with Crippen LogP contribution in [0.2, 0.25) is 0 Å². The molecule has 0 fully saturated rings. The van der Waals surface area contributed by atoms with Crippen LogP contribution in [-0.4, -0.2) is 34.5 Å². The number of hydrogen-bond donors (Lipinski definition) is 2. The Morgan fingerprint density at radius 3 is 2.60 bits per heavy atom. The zero-order valence-corrected chi connectivity index (χ0v) is 12.5. The zero-order valence-electron chi connectivity index (χ0n) is 11.7. The molecule has 1 unspecified atom stereocenters. The molecule has 0 radical (unpaired) electrons. The topological polar surface area (TPSA) is 66.4 Å². The number of hydrogen-bond acceptors (Lipinski definition) is 3. The first-order valence-electron chi connectivity index (χ1n) is 6.77. The van der Waals surface area contributed by atoms with Gasteiger partial charge >= 0.3 is 5.97 Å². The van der Waals surface area contributed by atoms with Crippen LogP contribution in [0.1, 0.15) is 25.3 Å². The third kappa shape index (κ3) is 6.61. The molecule has 5 heteroatoms. The maximum absolute atomic E-state index is 11.6. The molecule has 1 aromatic carbocycles. The summed E-state index contributed by atoms with van der Waals surface area (Å²) in [5.41, 5.74) is 1.25. The lowest BCUT2D eigenvalue weighted by Crippen LogP contribution is -2.41. The number of carbonyl (C=O) groups is 2. The molecule has 0 aliphatic carbocycles. The summed E-state index contributed by atoms with van der Waals surface area (Å²) in [4.78, 5) is 22.6. The van der Waals surface area contributed by atoms with Gasteiger partial charge in [0.05, 0.1) is 5.75 Å². The number of carboxylic acids is 1. The number of nitrogens with one attached hydrogen (secondary N) is 1. The molecule has 1 atom stereocenters. The number of thioether (sulfide) groups is 1. The highest BCUT2D eigenvalue weighted by Crippen LogP contribution is 2.07. The van der Waals surface area contributed by atoms with Crippen molar-refractivity contribution in [3.8, 4) is 0 Å². The first-order chi connectivity index (χ1) is 9.63. The van der Waals surface area contributed by atoms with Crippen molar-refractivity contribution in [3.63, 3.8) is 0 Å². The van der Waals surface area contributed by atoms with Gasteiger partial charge in [-0.2, -0.15) is 11.8 Å². The molecule has 0 heterocycles. The largest absolute Gasteiger partial charge is 0.480 e. The summed E-state index contributed by atoms with van der Waals surface area (Å²) >= 11 is 1.52. The predicted octanol–water partition coefficient (Wildman–Crippen LogP) is 2.33. The first kappa shape index (κ1) is 16.6. The highest BCUT2D eigenvalue weighted by atomic mass is 32.2. The molecule has 0 saturated carbocycles. The van der Waals surface area contributed by atoms with E-state index in [2.05, 4.69) is 17.4 Å². The van der Waals surface area contributed by atoms with Gasteiger partial charge in [-0.1, -0.05) is 43.7 Å². The third-order valence-electron chi connectivity index (χ3n) is 2.82. The van der Waals surface area contributed by atoms with Crippen LogP contribution in [0, 0.1) is 0 Å². The van der Waals surface area contributed by atoms with Gasteiger partial charge in [-0.3, -0.25) is 4.79 Å². The predicted molar refractivity (Wildman–Crippen MR) is 81.9 cm³/mol. The van der Waals surface area contributed by atoms with Gasteiger partial charge in [0.15, 0.2) is 0 Å².